The van der Waals surface area contributed by atoms with E-state index in [1.165, 1.54) is 0 Å². The van der Waals surface area contributed by atoms with Crippen LogP contribution in [0.25, 0.3) is 6.08 Å². The zero-order chi connectivity index (χ0) is 10.8. The summed E-state index contributed by atoms with van der Waals surface area (Å²) < 4.78 is 0. The van der Waals surface area contributed by atoms with Gasteiger partial charge in [0.25, 0.3) is 0 Å². The normalized spacial score (nSPS) is 19.5. The van der Waals surface area contributed by atoms with Gasteiger partial charge in [0.05, 0.1) is 0 Å². The Morgan fingerprint density at radius 1 is 1.47 bits per heavy atom. The Hall–Kier alpha value is -1.77. The molecule has 0 saturated carbocycles. The first-order valence-corrected chi connectivity index (χ1v) is 5.03. The first-order chi connectivity index (χ1) is 7.16. The second-order valence-electron chi connectivity index (χ2n) is 3.87. The van der Waals surface area contributed by atoms with E-state index in [4.69, 9.17) is 5.73 Å². The quantitative estimate of drug-likeness (QED) is 0.729. The minimum absolute atomic E-state index is 0.229. The monoisotopic (exact) mass is 202 g/mol. The Kier molecular flexibility index (Phi) is 2.46. The molecule has 0 spiro atoms. The Balaban J connectivity index is 2.47. The standard InChI is InChI=1S/C12H14N2O/c1-8-6-10(12(13)15)7-9-4-2-3-5-11(9)14-8/h2-5,7-8,14H,6H2,1H3,(H2,13,15). The van der Waals surface area contributed by atoms with Crippen molar-refractivity contribution < 1.29 is 4.79 Å². The predicted molar refractivity (Wildman–Crippen MR) is 61.3 cm³/mol. The smallest absolute Gasteiger partial charge is 0.244 e. The number of fused-ring (bicyclic) bond motifs is 1. The first-order valence-electron chi connectivity index (χ1n) is 5.03. The lowest BCUT2D eigenvalue weighted by molar-refractivity contribution is -0.114. The zero-order valence-electron chi connectivity index (χ0n) is 8.66. The molecule has 1 aromatic rings. The minimum atomic E-state index is -0.333. The number of anilines is 1. The molecule has 3 heteroatoms. The molecule has 3 N–H and O–H groups in total. The van der Waals surface area contributed by atoms with Gasteiger partial charge < -0.3 is 11.1 Å². The Bertz CT molecular complexity index is 423. The molecule has 0 bridgehead atoms. The van der Waals surface area contributed by atoms with E-state index >= 15 is 0 Å². The van der Waals surface area contributed by atoms with Crippen molar-refractivity contribution in [2.45, 2.75) is 19.4 Å². The molecule has 1 aromatic carbocycles. The SMILES string of the molecule is CC1CC(C(N)=O)=Cc2ccccc2N1. The van der Waals surface area contributed by atoms with Gasteiger partial charge >= 0.3 is 0 Å². The third kappa shape index (κ3) is 2.01. The van der Waals surface area contributed by atoms with Crippen LogP contribution >= 0.6 is 0 Å². The van der Waals surface area contributed by atoms with Gasteiger partial charge in [0.2, 0.25) is 5.91 Å². The third-order valence-corrected chi connectivity index (χ3v) is 2.54. The highest BCUT2D eigenvalue weighted by Crippen LogP contribution is 2.25. The largest absolute Gasteiger partial charge is 0.382 e. The van der Waals surface area contributed by atoms with E-state index in [2.05, 4.69) is 5.32 Å². The number of benzene rings is 1. The van der Waals surface area contributed by atoms with E-state index in [0.717, 1.165) is 11.3 Å². The summed E-state index contributed by atoms with van der Waals surface area (Å²) in [5, 5.41) is 3.35. The lowest BCUT2D eigenvalue weighted by Crippen LogP contribution is -2.20. The number of para-hydroxylation sites is 1. The Morgan fingerprint density at radius 2 is 2.20 bits per heavy atom. The second-order valence-corrected chi connectivity index (χ2v) is 3.87. The van der Waals surface area contributed by atoms with E-state index in [0.29, 0.717) is 12.0 Å². The van der Waals surface area contributed by atoms with Crippen LogP contribution in [-0.4, -0.2) is 11.9 Å². The zero-order valence-corrected chi connectivity index (χ0v) is 8.66. The summed E-state index contributed by atoms with van der Waals surface area (Å²) >= 11 is 0. The van der Waals surface area contributed by atoms with Crippen LogP contribution in [0.1, 0.15) is 18.9 Å². The summed E-state index contributed by atoms with van der Waals surface area (Å²) in [5.74, 6) is -0.333. The van der Waals surface area contributed by atoms with Crippen molar-refractivity contribution in [3.63, 3.8) is 0 Å². The van der Waals surface area contributed by atoms with Gasteiger partial charge in [-0.2, -0.15) is 0 Å². The van der Waals surface area contributed by atoms with E-state index < -0.39 is 0 Å². The number of amides is 1. The molecule has 1 amide bonds. The van der Waals surface area contributed by atoms with Crippen LogP contribution < -0.4 is 11.1 Å². The number of nitrogens with two attached hydrogens (primary N) is 1. The molecule has 2 rings (SSSR count). The van der Waals surface area contributed by atoms with Crippen molar-refractivity contribution in [2.75, 3.05) is 5.32 Å². The number of carbonyl (C=O) groups is 1. The van der Waals surface area contributed by atoms with Gasteiger partial charge in [0.1, 0.15) is 0 Å². The van der Waals surface area contributed by atoms with Crippen molar-refractivity contribution in [1.29, 1.82) is 0 Å². The number of hydrogen-bond acceptors (Lipinski definition) is 2. The number of hydrogen-bond donors (Lipinski definition) is 2. The number of rotatable bonds is 1. The summed E-state index contributed by atoms with van der Waals surface area (Å²) in [7, 11) is 0. The third-order valence-electron chi connectivity index (χ3n) is 2.54. The minimum Gasteiger partial charge on any atom is -0.382 e. The van der Waals surface area contributed by atoms with E-state index in [1.807, 2.05) is 37.3 Å². The van der Waals surface area contributed by atoms with E-state index in [-0.39, 0.29) is 11.9 Å². The Labute approximate surface area is 89.0 Å². The van der Waals surface area contributed by atoms with E-state index in [1.54, 1.807) is 0 Å². The van der Waals surface area contributed by atoms with Crippen LogP contribution in [0.3, 0.4) is 0 Å². The molecule has 0 radical (unpaired) electrons. The number of carbonyl (C=O) groups excluding carboxylic acids is 1. The average molecular weight is 202 g/mol. The number of nitrogens with one attached hydrogen (secondary N) is 1. The van der Waals surface area contributed by atoms with Gasteiger partial charge in [-0.05, 0) is 31.1 Å². The van der Waals surface area contributed by atoms with Crippen LogP contribution in [0.4, 0.5) is 5.69 Å². The molecule has 15 heavy (non-hydrogen) atoms. The van der Waals surface area contributed by atoms with Gasteiger partial charge in [-0.1, -0.05) is 18.2 Å². The summed E-state index contributed by atoms with van der Waals surface area (Å²) in [6, 6.07) is 8.13. The highest BCUT2D eigenvalue weighted by atomic mass is 16.1. The highest BCUT2D eigenvalue weighted by molar-refractivity contribution is 5.98. The van der Waals surface area contributed by atoms with Crippen LogP contribution in [-0.2, 0) is 4.79 Å². The van der Waals surface area contributed by atoms with Crippen LogP contribution in [0.2, 0.25) is 0 Å². The molecular weight excluding hydrogens is 188 g/mol. The summed E-state index contributed by atoms with van der Waals surface area (Å²) in [6.45, 7) is 2.04. The molecule has 0 saturated heterocycles. The molecule has 78 valence electrons. The molecule has 1 aliphatic rings. The average Bonchev–Trinajstić information content (AvgIpc) is 2.35. The van der Waals surface area contributed by atoms with Crippen molar-refractivity contribution >= 4 is 17.7 Å². The van der Waals surface area contributed by atoms with E-state index in [9.17, 15) is 4.79 Å². The lowest BCUT2D eigenvalue weighted by atomic mass is 10.1. The van der Waals surface area contributed by atoms with Crippen LogP contribution in [0.5, 0.6) is 0 Å². The maximum Gasteiger partial charge on any atom is 0.244 e. The van der Waals surface area contributed by atoms with Crippen molar-refractivity contribution in [2.24, 2.45) is 5.73 Å². The summed E-state index contributed by atoms with van der Waals surface area (Å²) in [6.07, 6.45) is 2.54. The van der Waals surface area contributed by atoms with Crippen molar-refractivity contribution in [3.8, 4) is 0 Å². The summed E-state index contributed by atoms with van der Waals surface area (Å²) in [5.41, 5.74) is 8.08. The molecule has 1 atom stereocenters. The first kappa shape index (κ1) is 9.77. The molecular formula is C12H14N2O. The van der Waals surface area contributed by atoms with Crippen LogP contribution in [0.15, 0.2) is 29.8 Å². The van der Waals surface area contributed by atoms with Gasteiger partial charge in [-0.3, -0.25) is 4.79 Å². The maximum atomic E-state index is 11.2. The van der Waals surface area contributed by atoms with Gasteiger partial charge in [0, 0.05) is 17.3 Å². The lowest BCUT2D eigenvalue weighted by Gasteiger charge is -2.13. The van der Waals surface area contributed by atoms with Crippen molar-refractivity contribution in [3.05, 3.63) is 35.4 Å². The number of primary amides is 1. The second kappa shape index (κ2) is 3.77. The summed E-state index contributed by atoms with van der Waals surface area (Å²) in [4.78, 5) is 11.2. The molecule has 0 aromatic heterocycles. The maximum absolute atomic E-state index is 11.2. The molecule has 1 aliphatic heterocycles. The molecule has 0 fully saturated rings. The highest BCUT2D eigenvalue weighted by Gasteiger charge is 2.15. The molecule has 0 aliphatic carbocycles. The molecule has 3 nitrogen and oxygen atoms in total. The molecule has 1 unspecified atom stereocenters. The fourth-order valence-electron chi connectivity index (χ4n) is 1.82. The predicted octanol–water partition coefficient (Wildman–Crippen LogP) is 1.76. The van der Waals surface area contributed by atoms with Gasteiger partial charge in [0.15, 0.2) is 0 Å². The van der Waals surface area contributed by atoms with Gasteiger partial charge in [-0.25, -0.2) is 0 Å². The Morgan fingerprint density at radius 3 is 2.93 bits per heavy atom. The fourth-order valence-corrected chi connectivity index (χ4v) is 1.82. The topological polar surface area (TPSA) is 55.1 Å². The molecule has 1 heterocycles. The van der Waals surface area contributed by atoms with Crippen molar-refractivity contribution in [1.82, 2.24) is 0 Å². The fraction of sp³-hybridized carbons (Fsp3) is 0.250. The van der Waals surface area contributed by atoms with Crippen LogP contribution in [0, 0.1) is 0 Å². The van der Waals surface area contributed by atoms with Gasteiger partial charge in [-0.15, -0.1) is 0 Å².